The van der Waals surface area contributed by atoms with Crippen molar-refractivity contribution in [2.24, 2.45) is 7.05 Å². The van der Waals surface area contributed by atoms with Crippen molar-refractivity contribution in [3.8, 4) is 0 Å². The van der Waals surface area contributed by atoms with Crippen molar-refractivity contribution >= 4 is 22.9 Å². The van der Waals surface area contributed by atoms with Gasteiger partial charge in [-0.3, -0.25) is 14.3 Å². The summed E-state index contributed by atoms with van der Waals surface area (Å²) in [4.78, 5) is 31.6. The van der Waals surface area contributed by atoms with E-state index in [4.69, 9.17) is 0 Å². The van der Waals surface area contributed by atoms with Gasteiger partial charge in [0.25, 0.3) is 5.56 Å². The van der Waals surface area contributed by atoms with Gasteiger partial charge >= 0.3 is 5.69 Å². The van der Waals surface area contributed by atoms with E-state index in [9.17, 15) is 9.59 Å². The summed E-state index contributed by atoms with van der Waals surface area (Å²) in [6.45, 7) is 2.55. The summed E-state index contributed by atoms with van der Waals surface area (Å²) in [5, 5.41) is 0.715. The monoisotopic (exact) mass is 392 g/mol. The molecule has 6 nitrogen and oxygen atoms in total. The van der Waals surface area contributed by atoms with Gasteiger partial charge in [0.2, 0.25) is 0 Å². The molecule has 142 valence electrons. The summed E-state index contributed by atoms with van der Waals surface area (Å²) in [5.74, 6) is 0.726. The first-order valence-electron chi connectivity index (χ1n) is 8.95. The minimum atomic E-state index is -0.461. The number of benzene rings is 2. The molecule has 0 aliphatic carbocycles. The molecule has 0 fully saturated rings. The SMILES string of the molecule is Cc1cccc(Cn2c(SCc3ccccc3)nc3c2c(=O)[nH]c(=O)n3C)c1. The van der Waals surface area contributed by atoms with Crippen molar-refractivity contribution in [3.05, 3.63) is 92.1 Å². The molecule has 4 rings (SSSR count). The number of H-pyrrole nitrogens is 1. The summed E-state index contributed by atoms with van der Waals surface area (Å²) in [6, 6.07) is 18.3. The fraction of sp³-hybridized carbons (Fsp3) is 0.190. The smallest absolute Gasteiger partial charge is 0.309 e. The fourth-order valence-electron chi connectivity index (χ4n) is 3.19. The molecule has 0 bridgehead atoms. The van der Waals surface area contributed by atoms with Gasteiger partial charge in [-0.25, -0.2) is 9.78 Å². The maximum absolute atomic E-state index is 12.6. The van der Waals surface area contributed by atoms with Gasteiger partial charge < -0.3 is 4.57 Å². The van der Waals surface area contributed by atoms with Gasteiger partial charge in [0, 0.05) is 12.8 Å². The molecule has 0 aliphatic rings. The first-order chi connectivity index (χ1) is 13.5. The van der Waals surface area contributed by atoms with Gasteiger partial charge in [0.05, 0.1) is 6.54 Å². The van der Waals surface area contributed by atoms with Crippen molar-refractivity contribution in [1.82, 2.24) is 19.1 Å². The quantitative estimate of drug-likeness (QED) is 0.530. The number of rotatable bonds is 5. The maximum Gasteiger partial charge on any atom is 0.329 e. The Balaban J connectivity index is 1.82. The average molecular weight is 392 g/mol. The van der Waals surface area contributed by atoms with Crippen LogP contribution in [-0.2, 0) is 19.3 Å². The van der Waals surface area contributed by atoms with Crippen LogP contribution in [0.1, 0.15) is 16.7 Å². The second kappa shape index (κ2) is 7.52. The average Bonchev–Trinajstić information content (AvgIpc) is 3.04. The summed E-state index contributed by atoms with van der Waals surface area (Å²) < 4.78 is 3.28. The molecule has 0 amide bonds. The molecule has 7 heteroatoms. The van der Waals surface area contributed by atoms with E-state index in [1.807, 2.05) is 47.9 Å². The zero-order chi connectivity index (χ0) is 19.7. The lowest BCUT2D eigenvalue weighted by molar-refractivity contribution is 0.727. The number of fused-ring (bicyclic) bond motifs is 1. The van der Waals surface area contributed by atoms with Crippen LogP contribution in [0.25, 0.3) is 11.2 Å². The highest BCUT2D eigenvalue weighted by Gasteiger charge is 2.18. The Bertz CT molecular complexity index is 1260. The summed E-state index contributed by atoms with van der Waals surface area (Å²) in [5.41, 5.74) is 3.35. The van der Waals surface area contributed by atoms with Crippen LogP contribution in [0.3, 0.4) is 0 Å². The van der Waals surface area contributed by atoms with E-state index in [1.54, 1.807) is 18.8 Å². The second-order valence-electron chi connectivity index (χ2n) is 6.73. The first kappa shape index (κ1) is 18.3. The lowest BCUT2D eigenvalue weighted by Gasteiger charge is -2.09. The van der Waals surface area contributed by atoms with Crippen molar-refractivity contribution in [2.45, 2.75) is 24.4 Å². The largest absolute Gasteiger partial charge is 0.329 e. The first-order valence-corrected chi connectivity index (χ1v) is 9.93. The molecule has 0 saturated heterocycles. The normalized spacial score (nSPS) is 11.2. The molecule has 0 unspecified atom stereocenters. The van der Waals surface area contributed by atoms with Gasteiger partial charge in [0.15, 0.2) is 16.3 Å². The van der Waals surface area contributed by atoms with Crippen LogP contribution >= 0.6 is 11.8 Å². The second-order valence-corrected chi connectivity index (χ2v) is 7.68. The summed E-state index contributed by atoms with van der Waals surface area (Å²) >= 11 is 1.56. The number of thioether (sulfide) groups is 1. The van der Waals surface area contributed by atoms with E-state index in [0.717, 1.165) is 16.9 Å². The van der Waals surface area contributed by atoms with Crippen LogP contribution in [0.5, 0.6) is 0 Å². The Labute approximate surface area is 165 Å². The van der Waals surface area contributed by atoms with Gasteiger partial charge in [-0.2, -0.15) is 0 Å². The van der Waals surface area contributed by atoms with Crippen molar-refractivity contribution in [1.29, 1.82) is 0 Å². The van der Waals surface area contributed by atoms with E-state index >= 15 is 0 Å². The van der Waals surface area contributed by atoms with E-state index in [0.29, 0.717) is 22.9 Å². The Morgan fingerprint density at radius 1 is 1.04 bits per heavy atom. The predicted octanol–water partition coefficient (Wildman–Crippen LogP) is 3.07. The van der Waals surface area contributed by atoms with Gasteiger partial charge in [-0.05, 0) is 18.1 Å². The van der Waals surface area contributed by atoms with Crippen LogP contribution < -0.4 is 11.2 Å². The van der Waals surface area contributed by atoms with Gasteiger partial charge in [0.1, 0.15) is 0 Å². The molecule has 28 heavy (non-hydrogen) atoms. The molecule has 0 atom stereocenters. The molecule has 0 radical (unpaired) electrons. The molecular formula is C21H20N4O2S. The third-order valence-corrected chi connectivity index (χ3v) is 5.65. The molecule has 0 aliphatic heterocycles. The molecule has 4 aromatic rings. The molecule has 0 saturated carbocycles. The van der Waals surface area contributed by atoms with Crippen molar-refractivity contribution in [3.63, 3.8) is 0 Å². The van der Waals surface area contributed by atoms with Crippen LogP contribution in [0, 0.1) is 6.92 Å². The highest BCUT2D eigenvalue weighted by molar-refractivity contribution is 7.98. The number of hydrogen-bond donors (Lipinski definition) is 1. The summed E-state index contributed by atoms with van der Waals surface area (Å²) in [6.07, 6.45) is 0. The Morgan fingerprint density at radius 3 is 2.54 bits per heavy atom. The third-order valence-electron chi connectivity index (χ3n) is 4.61. The lowest BCUT2D eigenvalue weighted by atomic mass is 10.1. The fourth-order valence-corrected chi connectivity index (χ4v) is 4.14. The van der Waals surface area contributed by atoms with Crippen LogP contribution in [0.15, 0.2) is 69.3 Å². The molecule has 1 N–H and O–H groups in total. The Kier molecular flexibility index (Phi) is 4.92. The number of hydrogen-bond acceptors (Lipinski definition) is 4. The number of aromatic nitrogens is 4. The van der Waals surface area contributed by atoms with Crippen molar-refractivity contribution < 1.29 is 0 Å². The highest BCUT2D eigenvalue weighted by atomic mass is 32.2. The maximum atomic E-state index is 12.6. The number of aromatic amines is 1. The van der Waals surface area contributed by atoms with Gasteiger partial charge in [-0.15, -0.1) is 0 Å². The highest BCUT2D eigenvalue weighted by Crippen LogP contribution is 2.26. The summed E-state index contributed by atoms with van der Waals surface area (Å²) in [7, 11) is 1.62. The Hall–Kier alpha value is -3.06. The van der Waals surface area contributed by atoms with Crippen LogP contribution in [-0.4, -0.2) is 19.1 Å². The molecular weight excluding hydrogens is 372 g/mol. The molecule has 2 heterocycles. The zero-order valence-corrected chi connectivity index (χ0v) is 16.5. The van der Waals surface area contributed by atoms with Crippen LogP contribution in [0.4, 0.5) is 0 Å². The number of nitrogens with zero attached hydrogens (tertiary/aromatic N) is 3. The van der Waals surface area contributed by atoms with Crippen molar-refractivity contribution in [2.75, 3.05) is 0 Å². The number of imidazole rings is 1. The van der Waals surface area contributed by atoms with E-state index in [2.05, 4.69) is 28.2 Å². The zero-order valence-electron chi connectivity index (χ0n) is 15.7. The van der Waals surface area contributed by atoms with Crippen LogP contribution in [0.2, 0.25) is 0 Å². The minimum absolute atomic E-state index is 0.400. The predicted molar refractivity (Wildman–Crippen MR) is 112 cm³/mol. The lowest BCUT2D eigenvalue weighted by Crippen LogP contribution is -2.29. The van der Waals surface area contributed by atoms with E-state index < -0.39 is 11.2 Å². The Morgan fingerprint density at radius 2 is 1.79 bits per heavy atom. The minimum Gasteiger partial charge on any atom is -0.309 e. The molecule has 2 aromatic carbocycles. The molecule has 0 spiro atoms. The molecule has 2 aromatic heterocycles. The topological polar surface area (TPSA) is 72.7 Å². The van der Waals surface area contributed by atoms with E-state index in [-0.39, 0.29) is 0 Å². The van der Waals surface area contributed by atoms with Gasteiger partial charge in [-0.1, -0.05) is 71.9 Å². The number of aryl methyl sites for hydroxylation is 2. The third kappa shape index (κ3) is 3.53. The number of nitrogens with one attached hydrogen (secondary N) is 1. The standard InChI is InChI=1S/C21H20N4O2S/c1-14-7-6-10-16(11-14)12-25-17-18(24(2)20(27)23-19(17)26)22-21(25)28-13-15-8-4-3-5-9-15/h3-11H,12-13H2,1-2H3,(H,23,26,27). The van der Waals surface area contributed by atoms with E-state index in [1.165, 1.54) is 10.1 Å².